The van der Waals surface area contributed by atoms with Crippen LogP contribution in [0.25, 0.3) is 10.9 Å². The Balaban J connectivity index is 2.03. The molecule has 3 rings (SSSR count). The standard InChI is InChI=1S/C15H18Cl2N2/c1-9(2)7-19-4-3-14-12(8-19)11-5-10(16)6-13(17)15(11)18-14/h5-6,9,18H,3-4,7-8H2,1-2H3. The number of aromatic amines is 1. The van der Waals surface area contributed by atoms with Crippen LogP contribution in [0.4, 0.5) is 0 Å². The monoisotopic (exact) mass is 296 g/mol. The van der Waals surface area contributed by atoms with Crippen LogP contribution < -0.4 is 0 Å². The van der Waals surface area contributed by atoms with Crippen molar-refractivity contribution in [3.05, 3.63) is 33.4 Å². The minimum Gasteiger partial charge on any atom is -0.357 e. The first-order chi connectivity index (χ1) is 9.04. The van der Waals surface area contributed by atoms with E-state index in [2.05, 4.69) is 23.7 Å². The normalized spacial score (nSPS) is 16.3. The van der Waals surface area contributed by atoms with Gasteiger partial charge in [0, 0.05) is 42.2 Å². The Morgan fingerprint density at radius 2 is 2.11 bits per heavy atom. The molecule has 0 aliphatic carbocycles. The third kappa shape index (κ3) is 2.49. The smallest absolute Gasteiger partial charge is 0.0662 e. The van der Waals surface area contributed by atoms with E-state index >= 15 is 0 Å². The lowest BCUT2D eigenvalue weighted by Gasteiger charge is -2.28. The van der Waals surface area contributed by atoms with Crippen LogP contribution in [0.1, 0.15) is 25.1 Å². The summed E-state index contributed by atoms with van der Waals surface area (Å²) in [5, 5.41) is 2.61. The fraction of sp³-hybridized carbons (Fsp3) is 0.467. The van der Waals surface area contributed by atoms with Crippen molar-refractivity contribution in [3.63, 3.8) is 0 Å². The number of hydrogen-bond acceptors (Lipinski definition) is 1. The van der Waals surface area contributed by atoms with Crippen molar-refractivity contribution in [2.45, 2.75) is 26.8 Å². The molecule has 1 aliphatic heterocycles. The number of fused-ring (bicyclic) bond motifs is 3. The zero-order valence-corrected chi connectivity index (χ0v) is 12.8. The third-order valence-electron chi connectivity index (χ3n) is 3.70. The number of H-pyrrole nitrogens is 1. The molecule has 0 saturated heterocycles. The molecule has 0 saturated carbocycles. The van der Waals surface area contributed by atoms with Crippen molar-refractivity contribution in [3.8, 4) is 0 Å². The van der Waals surface area contributed by atoms with E-state index in [1.165, 1.54) is 16.6 Å². The van der Waals surface area contributed by atoms with Gasteiger partial charge in [-0.1, -0.05) is 37.0 Å². The molecule has 0 spiro atoms. The van der Waals surface area contributed by atoms with E-state index in [-0.39, 0.29) is 0 Å². The van der Waals surface area contributed by atoms with Gasteiger partial charge in [-0.15, -0.1) is 0 Å². The van der Waals surface area contributed by atoms with E-state index in [0.717, 1.165) is 31.6 Å². The van der Waals surface area contributed by atoms with Crippen LogP contribution in [0.3, 0.4) is 0 Å². The van der Waals surface area contributed by atoms with Crippen molar-refractivity contribution in [1.82, 2.24) is 9.88 Å². The van der Waals surface area contributed by atoms with Crippen LogP contribution in [0, 0.1) is 5.92 Å². The predicted octanol–water partition coefficient (Wildman–Crippen LogP) is 4.49. The number of aromatic nitrogens is 1. The molecule has 0 radical (unpaired) electrons. The molecule has 1 aromatic carbocycles. The van der Waals surface area contributed by atoms with Gasteiger partial charge >= 0.3 is 0 Å². The molecule has 0 atom stereocenters. The van der Waals surface area contributed by atoms with Crippen molar-refractivity contribution in [2.24, 2.45) is 5.92 Å². The highest BCUT2D eigenvalue weighted by Gasteiger charge is 2.22. The quantitative estimate of drug-likeness (QED) is 0.865. The molecule has 0 bridgehead atoms. The van der Waals surface area contributed by atoms with Gasteiger partial charge in [-0.05, 0) is 23.6 Å². The zero-order valence-electron chi connectivity index (χ0n) is 11.3. The lowest BCUT2D eigenvalue weighted by Crippen LogP contribution is -2.33. The van der Waals surface area contributed by atoms with Gasteiger partial charge in [0.05, 0.1) is 10.5 Å². The molecule has 19 heavy (non-hydrogen) atoms. The Labute approximate surface area is 123 Å². The summed E-state index contributed by atoms with van der Waals surface area (Å²) in [6.07, 6.45) is 1.06. The summed E-state index contributed by atoms with van der Waals surface area (Å²) in [6.45, 7) is 7.77. The molecule has 1 aliphatic rings. The average Bonchev–Trinajstić information content (AvgIpc) is 2.67. The van der Waals surface area contributed by atoms with Crippen molar-refractivity contribution < 1.29 is 0 Å². The maximum Gasteiger partial charge on any atom is 0.0662 e. The summed E-state index contributed by atoms with van der Waals surface area (Å²) in [6, 6.07) is 3.83. The predicted molar refractivity (Wildman–Crippen MR) is 82.1 cm³/mol. The van der Waals surface area contributed by atoms with Crippen LogP contribution in [0.2, 0.25) is 10.0 Å². The Hall–Kier alpha value is -0.700. The zero-order chi connectivity index (χ0) is 13.6. The summed E-state index contributed by atoms with van der Waals surface area (Å²) < 4.78 is 0. The molecule has 0 amide bonds. The molecule has 102 valence electrons. The summed E-state index contributed by atoms with van der Waals surface area (Å²) >= 11 is 12.4. The first kappa shape index (κ1) is 13.3. The van der Waals surface area contributed by atoms with Crippen molar-refractivity contribution in [2.75, 3.05) is 13.1 Å². The molecule has 2 heterocycles. The van der Waals surface area contributed by atoms with Crippen LogP contribution >= 0.6 is 23.2 Å². The number of nitrogens with one attached hydrogen (secondary N) is 1. The molecule has 2 aromatic rings. The summed E-state index contributed by atoms with van der Waals surface area (Å²) in [7, 11) is 0. The molecule has 2 nitrogen and oxygen atoms in total. The van der Waals surface area contributed by atoms with E-state index in [9.17, 15) is 0 Å². The fourth-order valence-corrected chi connectivity index (χ4v) is 3.51. The molecular weight excluding hydrogens is 279 g/mol. The van der Waals surface area contributed by atoms with E-state index in [1.54, 1.807) is 6.07 Å². The van der Waals surface area contributed by atoms with E-state index in [1.807, 2.05) is 6.07 Å². The van der Waals surface area contributed by atoms with Gasteiger partial charge in [0.25, 0.3) is 0 Å². The lowest BCUT2D eigenvalue weighted by molar-refractivity contribution is 0.226. The molecule has 0 fully saturated rings. The molecule has 1 aromatic heterocycles. The molecule has 4 heteroatoms. The van der Waals surface area contributed by atoms with Crippen LogP contribution in [-0.4, -0.2) is 23.0 Å². The summed E-state index contributed by atoms with van der Waals surface area (Å²) in [4.78, 5) is 5.98. The van der Waals surface area contributed by atoms with Crippen molar-refractivity contribution >= 4 is 34.1 Å². The van der Waals surface area contributed by atoms with Crippen LogP contribution in [0.5, 0.6) is 0 Å². The molecule has 0 unspecified atom stereocenters. The van der Waals surface area contributed by atoms with Gasteiger partial charge in [-0.2, -0.15) is 0 Å². The second-order valence-electron chi connectivity index (χ2n) is 5.77. The van der Waals surface area contributed by atoms with Gasteiger partial charge in [-0.3, -0.25) is 4.90 Å². The average molecular weight is 297 g/mol. The number of nitrogens with zero attached hydrogens (tertiary/aromatic N) is 1. The van der Waals surface area contributed by atoms with E-state index < -0.39 is 0 Å². The van der Waals surface area contributed by atoms with Gasteiger partial charge in [-0.25, -0.2) is 0 Å². The lowest BCUT2D eigenvalue weighted by atomic mass is 10.0. The highest BCUT2D eigenvalue weighted by atomic mass is 35.5. The first-order valence-electron chi connectivity index (χ1n) is 6.75. The Bertz CT molecular complexity index is 616. The van der Waals surface area contributed by atoms with E-state index in [4.69, 9.17) is 23.2 Å². The maximum atomic E-state index is 6.27. The Morgan fingerprint density at radius 1 is 1.32 bits per heavy atom. The van der Waals surface area contributed by atoms with Crippen LogP contribution in [0.15, 0.2) is 12.1 Å². The largest absolute Gasteiger partial charge is 0.357 e. The van der Waals surface area contributed by atoms with Gasteiger partial charge in [0.2, 0.25) is 0 Å². The molecular formula is C15H18Cl2N2. The van der Waals surface area contributed by atoms with Gasteiger partial charge in [0.15, 0.2) is 0 Å². The third-order valence-corrected chi connectivity index (χ3v) is 4.22. The minimum absolute atomic E-state index is 0.693. The molecule has 1 N–H and O–H groups in total. The second-order valence-corrected chi connectivity index (χ2v) is 6.61. The number of benzene rings is 1. The first-order valence-corrected chi connectivity index (χ1v) is 7.51. The Morgan fingerprint density at radius 3 is 2.84 bits per heavy atom. The van der Waals surface area contributed by atoms with Crippen LogP contribution in [-0.2, 0) is 13.0 Å². The van der Waals surface area contributed by atoms with E-state index in [0.29, 0.717) is 16.0 Å². The summed E-state index contributed by atoms with van der Waals surface area (Å²) in [5.41, 5.74) is 3.72. The number of halogens is 2. The Kier molecular flexibility index (Phi) is 3.50. The summed E-state index contributed by atoms with van der Waals surface area (Å²) in [5.74, 6) is 0.693. The topological polar surface area (TPSA) is 19.0 Å². The number of rotatable bonds is 2. The fourth-order valence-electron chi connectivity index (χ4n) is 2.97. The second kappa shape index (κ2) is 5.01. The maximum absolute atomic E-state index is 6.27. The highest BCUT2D eigenvalue weighted by molar-refractivity contribution is 6.38. The SMILES string of the molecule is CC(C)CN1CCc2[nH]c3c(Cl)cc(Cl)cc3c2C1. The highest BCUT2D eigenvalue weighted by Crippen LogP contribution is 2.34. The van der Waals surface area contributed by atoms with Crippen molar-refractivity contribution in [1.29, 1.82) is 0 Å². The van der Waals surface area contributed by atoms with Gasteiger partial charge < -0.3 is 4.98 Å². The minimum atomic E-state index is 0.693. The number of hydrogen-bond donors (Lipinski definition) is 1. The van der Waals surface area contributed by atoms with Gasteiger partial charge in [0.1, 0.15) is 0 Å².